The Hall–Kier alpha value is -3.48. The molecule has 0 aliphatic carbocycles. The summed E-state index contributed by atoms with van der Waals surface area (Å²) in [6, 6.07) is 9.41. The average Bonchev–Trinajstić information content (AvgIpc) is 3.11. The largest absolute Gasteiger partial charge is 0.504 e. The van der Waals surface area contributed by atoms with Gasteiger partial charge in [0.25, 0.3) is 0 Å². The second-order valence-electron chi connectivity index (χ2n) is 5.42. The summed E-state index contributed by atoms with van der Waals surface area (Å²) < 4.78 is 31.2. The SMILES string of the molecule is COc1ccc(C(=O)C=Cc2cc(-c3ccc(F)c(F)c3)n[nH]2)cc1O. The summed E-state index contributed by atoms with van der Waals surface area (Å²) in [5.74, 6) is -2.08. The zero-order valence-corrected chi connectivity index (χ0v) is 13.7. The van der Waals surface area contributed by atoms with Crippen LogP contribution in [0.5, 0.6) is 11.5 Å². The van der Waals surface area contributed by atoms with Gasteiger partial charge in [-0.3, -0.25) is 9.89 Å². The number of aromatic nitrogens is 2. The molecule has 0 saturated heterocycles. The number of rotatable bonds is 5. The van der Waals surface area contributed by atoms with E-state index in [9.17, 15) is 18.7 Å². The van der Waals surface area contributed by atoms with Crippen LogP contribution in [0.25, 0.3) is 17.3 Å². The van der Waals surface area contributed by atoms with Crippen LogP contribution in [0.15, 0.2) is 48.5 Å². The van der Waals surface area contributed by atoms with E-state index in [0.717, 1.165) is 12.1 Å². The van der Waals surface area contributed by atoms with Crippen molar-refractivity contribution in [2.24, 2.45) is 0 Å². The third-order valence-electron chi connectivity index (χ3n) is 3.69. The minimum Gasteiger partial charge on any atom is -0.504 e. The minimum absolute atomic E-state index is 0.131. The highest BCUT2D eigenvalue weighted by molar-refractivity contribution is 6.07. The number of benzene rings is 2. The van der Waals surface area contributed by atoms with Crippen molar-refractivity contribution in [2.45, 2.75) is 0 Å². The van der Waals surface area contributed by atoms with Crippen LogP contribution in [0.3, 0.4) is 0 Å². The van der Waals surface area contributed by atoms with E-state index >= 15 is 0 Å². The number of halogens is 2. The van der Waals surface area contributed by atoms with Crippen molar-refractivity contribution >= 4 is 11.9 Å². The maximum absolute atomic E-state index is 13.3. The fraction of sp³-hybridized carbons (Fsp3) is 0.0526. The van der Waals surface area contributed by atoms with E-state index in [1.807, 2.05) is 0 Å². The molecule has 1 aromatic heterocycles. The minimum atomic E-state index is -0.961. The molecule has 2 aromatic carbocycles. The van der Waals surface area contributed by atoms with Gasteiger partial charge < -0.3 is 9.84 Å². The van der Waals surface area contributed by atoms with Gasteiger partial charge in [0.1, 0.15) is 0 Å². The number of H-pyrrole nitrogens is 1. The third-order valence-corrected chi connectivity index (χ3v) is 3.69. The van der Waals surface area contributed by atoms with Gasteiger partial charge in [-0.2, -0.15) is 5.10 Å². The fourth-order valence-electron chi connectivity index (χ4n) is 2.33. The summed E-state index contributed by atoms with van der Waals surface area (Å²) in [5, 5.41) is 16.4. The summed E-state index contributed by atoms with van der Waals surface area (Å²) >= 11 is 0. The molecule has 2 N–H and O–H groups in total. The average molecular weight is 356 g/mol. The topological polar surface area (TPSA) is 75.2 Å². The second kappa shape index (κ2) is 7.18. The number of phenolic OH excluding ortho intramolecular Hbond substituents is 1. The van der Waals surface area contributed by atoms with Gasteiger partial charge in [-0.15, -0.1) is 0 Å². The number of ether oxygens (including phenoxy) is 1. The van der Waals surface area contributed by atoms with E-state index in [0.29, 0.717) is 22.5 Å². The van der Waals surface area contributed by atoms with Crippen LogP contribution < -0.4 is 4.74 Å². The molecule has 0 bridgehead atoms. The summed E-state index contributed by atoms with van der Waals surface area (Å²) in [4.78, 5) is 12.2. The number of aromatic amines is 1. The van der Waals surface area contributed by atoms with Gasteiger partial charge in [0.05, 0.1) is 18.5 Å². The molecule has 0 fully saturated rings. The molecule has 0 saturated carbocycles. The molecule has 26 heavy (non-hydrogen) atoms. The molecule has 0 spiro atoms. The Kier molecular flexibility index (Phi) is 4.79. The molecule has 0 aliphatic rings. The number of aromatic hydroxyl groups is 1. The predicted molar refractivity (Wildman–Crippen MR) is 92.0 cm³/mol. The number of nitrogens with zero attached hydrogens (tertiary/aromatic N) is 1. The molecule has 0 amide bonds. The van der Waals surface area contributed by atoms with E-state index in [2.05, 4.69) is 10.2 Å². The Morgan fingerprint density at radius 2 is 1.96 bits per heavy atom. The van der Waals surface area contributed by atoms with Crippen molar-refractivity contribution in [3.05, 3.63) is 71.4 Å². The highest BCUT2D eigenvalue weighted by Gasteiger charge is 2.09. The molecule has 0 atom stereocenters. The Balaban J connectivity index is 1.76. The first-order valence-electron chi connectivity index (χ1n) is 7.58. The number of nitrogens with one attached hydrogen (secondary N) is 1. The van der Waals surface area contributed by atoms with Gasteiger partial charge >= 0.3 is 0 Å². The quantitative estimate of drug-likeness (QED) is 0.536. The normalized spacial score (nSPS) is 11.0. The van der Waals surface area contributed by atoms with Gasteiger partial charge in [-0.1, -0.05) is 0 Å². The van der Waals surface area contributed by atoms with Crippen molar-refractivity contribution in [2.75, 3.05) is 7.11 Å². The number of hydrogen-bond donors (Lipinski definition) is 2. The van der Waals surface area contributed by atoms with Crippen LogP contribution >= 0.6 is 0 Å². The molecule has 3 rings (SSSR count). The lowest BCUT2D eigenvalue weighted by atomic mass is 10.1. The van der Waals surface area contributed by atoms with Gasteiger partial charge in [0.15, 0.2) is 28.9 Å². The molecule has 5 nitrogen and oxygen atoms in total. The lowest BCUT2D eigenvalue weighted by molar-refractivity contribution is 0.104. The van der Waals surface area contributed by atoms with Gasteiger partial charge in [-0.25, -0.2) is 8.78 Å². The van der Waals surface area contributed by atoms with Crippen molar-refractivity contribution < 1.29 is 23.4 Å². The van der Waals surface area contributed by atoms with Crippen LogP contribution in [-0.4, -0.2) is 28.2 Å². The van der Waals surface area contributed by atoms with Crippen molar-refractivity contribution in [3.8, 4) is 22.8 Å². The monoisotopic (exact) mass is 356 g/mol. The van der Waals surface area contributed by atoms with Crippen LogP contribution in [0.4, 0.5) is 8.78 Å². The van der Waals surface area contributed by atoms with Crippen molar-refractivity contribution in [3.63, 3.8) is 0 Å². The molecule has 132 valence electrons. The van der Waals surface area contributed by atoms with E-state index < -0.39 is 11.6 Å². The molecule has 7 heteroatoms. The molecule has 0 aliphatic heterocycles. The molecule has 0 radical (unpaired) electrons. The van der Waals surface area contributed by atoms with E-state index in [1.54, 1.807) is 6.07 Å². The van der Waals surface area contributed by atoms with Crippen molar-refractivity contribution in [1.82, 2.24) is 10.2 Å². The van der Waals surface area contributed by atoms with Crippen LogP contribution in [0, 0.1) is 11.6 Å². The molecular weight excluding hydrogens is 342 g/mol. The molecule has 0 unspecified atom stereocenters. The van der Waals surface area contributed by atoms with Gasteiger partial charge in [-0.05, 0) is 54.6 Å². The van der Waals surface area contributed by atoms with E-state index in [4.69, 9.17) is 4.74 Å². The Morgan fingerprint density at radius 1 is 1.15 bits per heavy atom. The van der Waals surface area contributed by atoms with E-state index in [-0.39, 0.29) is 17.3 Å². The first-order chi connectivity index (χ1) is 12.5. The Bertz CT molecular complexity index is 996. The fourth-order valence-corrected chi connectivity index (χ4v) is 2.33. The smallest absolute Gasteiger partial charge is 0.186 e. The van der Waals surface area contributed by atoms with Crippen LogP contribution in [0.2, 0.25) is 0 Å². The zero-order valence-electron chi connectivity index (χ0n) is 13.7. The number of phenols is 1. The second-order valence-corrected chi connectivity index (χ2v) is 5.42. The standard InChI is InChI=1S/C19H14F2N2O3/c1-26-19-7-3-12(9-18(19)25)17(24)6-4-13-10-16(23-22-13)11-2-5-14(20)15(21)8-11/h2-10,25H,1H3,(H,22,23). The summed E-state index contributed by atoms with van der Waals surface area (Å²) in [5.41, 5.74) is 1.63. The lowest BCUT2D eigenvalue weighted by Gasteiger charge is -2.03. The highest BCUT2D eigenvalue weighted by atomic mass is 19.2. The molecular formula is C19H14F2N2O3. The maximum atomic E-state index is 13.3. The third kappa shape index (κ3) is 3.61. The number of methoxy groups -OCH3 is 1. The van der Waals surface area contributed by atoms with Crippen LogP contribution in [-0.2, 0) is 0 Å². The number of carbonyl (C=O) groups is 1. The van der Waals surface area contributed by atoms with Crippen molar-refractivity contribution in [1.29, 1.82) is 0 Å². The lowest BCUT2D eigenvalue weighted by Crippen LogP contribution is -1.94. The van der Waals surface area contributed by atoms with Gasteiger partial charge in [0, 0.05) is 11.1 Å². The van der Waals surface area contributed by atoms with E-state index in [1.165, 1.54) is 43.5 Å². The predicted octanol–water partition coefficient (Wildman–Crippen LogP) is 3.97. The summed E-state index contributed by atoms with van der Waals surface area (Å²) in [6.07, 6.45) is 2.81. The number of allylic oxidation sites excluding steroid dienone is 1. The summed E-state index contributed by atoms with van der Waals surface area (Å²) in [6.45, 7) is 0. The Morgan fingerprint density at radius 3 is 2.65 bits per heavy atom. The first kappa shape index (κ1) is 17.3. The number of ketones is 1. The first-order valence-corrected chi connectivity index (χ1v) is 7.58. The number of carbonyl (C=O) groups excluding carboxylic acids is 1. The van der Waals surface area contributed by atoms with Gasteiger partial charge in [0.2, 0.25) is 0 Å². The zero-order chi connectivity index (χ0) is 18.7. The maximum Gasteiger partial charge on any atom is 0.186 e. The molecule has 3 aromatic rings. The van der Waals surface area contributed by atoms with Crippen LogP contribution in [0.1, 0.15) is 16.1 Å². The number of hydrogen-bond acceptors (Lipinski definition) is 4. The summed E-state index contributed by atoms with van der Waals surface area (Å²) in [7, 11) is 1.42. The molecule has 1 heterocycles. The highest BCUT2D eigenvalue weighted by Crippen LogP contribution is 2.26. The Labute approximate surface area is 147 Å².